The zero-order valence-electron chi connectivity index (χ0n) is 16.9. The molecule has 1 aliphatic rings. The van der Waals surface area contributed by atoms with Crippen LogP contribution in [0.15, 0.2) is 65.2 Å². The molecule has 1 atom stereocenters. The Balaban J connectivity index is 1.48. The van der Waals surface area contributed by atoms with E-state index in [1.165, 1.54) is 0 Å². The first-order valence-electron chi connectivity index (χ1n) is 10.1. The number of aromatic nitrogens is 2. The highest BCUT2D eigenvalue weighted by Gasteiger charge is 2.32. The molecule has 29 heavy (non-hydrogen) atoms. The number of nitrogens with zero attached hydrogens (tertiary/aromatic N) is 4. The van der Waals surface area contributed by atoms with Crippen LogP contribution in [0.5, 0.6) is 0 Å². The molecule has 2 aromatic carbocycles. The second-order valence-corrected chi connectivity index (χ2v) is 7.47. The average Bonchev–Trinajstić information content (AvgIpc) is 3.21. The molecular weight excluding hydrogens is 364 g/mol. The number of benzene rings is 2. The van der Waals surface area contributed by atoms with Gasteiger partial charge in [0.1, 0.15) is 0 Å². The summed E-state index contributed by atoms with van der Waals surface area (Å²) < 4.78 is 5.32. The fourth-order valence-corrected chi connectivity index (χ4v) is 3.92. The third-order valence-electron chi connectivity index (χ3n) is 5.59. The Bertz CT molecular complexity index is 894. The lowest BCUT2D eigenvalue weighted by Crippen LogP contribution is -2.50. The van der Waals surface area contributed by atoms with Gasteiger partial charge < -0.3 is 9.42 Å². The van der Waals surface area contributed by atoms with Crippen molar-refractivity contribution in [3.8, 4) is 0 Å². The van der Waals surface area contributed by atoms with Crippen molar-refractivity contribution in [2.75, 3.05) is 26.2 Å². The zero-order chi connectivity index (χ0) is 20.2. The largest absolute Gasteiger partial charge is 0.339 e. The van der Waals surface area contributed by atoms with E-state index in [1.54, 1.807) is 0 Å². The van der Waals surface area contributed by atoms with Crippen molar-refractivity contribution in [2.24, 2.45) is 0 Å². The van der Waals surface area contributed by atoms with Crippen LogP contribution in [-0.4, -0.2) is 52.0 Å². The molecule has 1 unspecified atom stereocenters. The van der Waals surface area contributed by atoms with Crippen LogP contribution in [0.25, 0.3) is 0 Å². The minimum atomic E-state index is -0.278. The van der Waals surface area contributed by atoms with Gasteiger partial charge in [-0.2, -0.15) is 4.98 Å². The topological polar surface area (TPSA) is 62.5 Å². The van der Waals surface area contributed by atoms with E-state index in [0.29, 0.717) is 24.8 Å². The second-order valence-electron chi connectivity index (χ2n) is 7.47. The molecule has 6 heteroatoms. The average molecular weight is 390 g/mol. The lowest BCUT2D eigenvalue weighted by molar-refractivity contribution is -0.134. The molecule has 1 amide bonds. The Morgan fingerprint density at radius 1 is 0.931 bits per heavy atom. The first-order chi connectivity index (χ1) is 14.1. The van der Waals surface area contributed by atoms with Crippen molar-refractivity contribution in [3.05, 3.63) is 83.5 Å². The predicted molar refractivity (Wildman–Crippen MR) is 110 cm³/mol. The van der Waals surface area contributed by atoms with Gasteiger partial charge >= 0.3 is 0 Å². The van der Waals surface area contributed by atoms with Crippen LogP contribution in [0.1, 0.15) is 41.7 Å². The fourth-order valence-electron chi connectivity index (χ4n) is 3.92. The second kappa shape index (κ2) is 8.57. The van der Waals surface area contributed by atoms with Gasteiger partial charge in [-0.25, -0.2) is 0 Å². The van der Waals surface area contributed by atoms with Crippen LogP contribution >= 0.6 is 0 Å². The Morgan fingerprint density at radius 3 is 1.97 bits per heavy atom. The molecule has 150 valence electrons. The number of piperazine rings is 1. The fraction of sp³-hybridized carbons (Fsp3) is 0.348. The molecule has 0 aliphatic carbocycles. The molecule has 2 heterocycles. The maximum absolute atomic E-state index is 13.5. The summed E-state index contributed by atoms with van der Waals surface area (Å²) in [6, 6.07) is 20.1. The monoisotopic (exact) mass is 390 g/mol. The summed E-state index contributed by atoms with van der Waals surface area (Å²) in [4.78, 5) is 22.1. The van der Waals surface area contributed by atoms with Gasteiger partial charge in [0.15, 0.2) is 5.82 Å². The maximum atomic E-state index is 13.5. The molecule has 0 radical (unpaired) electrons. The van der Waals surface area contributed by atoms with Crippen LogP contribution in [-0.2, 0) is 4.79 Å². The molecule has 0 spiro atoms. The van der Waals surface area contributed by atoms with E-state index >= 15 is 0 Å². The first kappa shape index (κ1) is 19.3. The van der Waals surface area contributed by atoms with Crippen molar-refractivity contribution >= 4 is 5.91 Å². The van der Waals surface area contributed by atoms with Crippen molar-refractivity contribution in [3.63, 3.8) is 0 Å². The van der Waals surface area contributed by atoms with Gasteiger partial charge in [0, 0.05) is 26.2 Å². The molecule has 0 saturated carbocycles. The van der Waals surface area contributed by atoms with E-state index in [1.807, 2.05) is 72.5 Å². The van der Waals surface area contributed by atoms with E-state index < -0.39 is 0 Å². The summed E-state index contributed by atoms with van der Waals surface area (Å²) in [6.07, 6.45) is 0. The molecule has 1 saturated heterocycles. The predicted octanol–water partition coefficient (Wildman–Crippen LogP) is 3.42. The highest BCUT2D eigenvalue weighted by molar-refractivity contribution is 5.87. The van der Waals surface area contributed by atoms with Gasteiger partial charge in [0.05, 0.1) is 12.0 Å². The summed E-state index contributed by atoms with van der Waals surface area (Å²) in [5.41, 5.74) is 2.06. The van der Waals surface area contributed by atoms with Crippen LogP contribution in [0.3, 0.4) is 0 Å². The number of hydrogen-bond donors (Lipinski definition) is 0. The summed E-state index contributed by atoms with van der Waals surface area (Å²) in [5, 5.41) is 3.89. The quantitative estimate of drug-likeness (QED) is 0.668. The highest BCUT2D eigenvalue weighted by Crippen LogP contribution is 2.28. The molecule has 1 aliphatic heterocycles. The maximum Gasteiger partial charge on any atom is 0.243 e. The van der Waals surface area contributed by atoms with Crippen molar-refractivity contribution in [1.29, 1.82) is 0 Å². The van der Waals surface area contributed by atoms with Gasteiger partial charge in [0.25, 0.3) is 0 Å². The number of hydrogen-bond acceptors (Lipinski definition) is 5. The van der Waals surface area contributed by atoms with Gasteiger partial charge in [-0.3, -0.25) is 9.69 Å². The summed E-state index contributed by atoms with van der Waals surface area (Å²) >= 11 is 0. The summed E-state index contributed by atoms with van der Waals surface area (Å²) in [5.74, 6) is 1.16. The van der Waals surface area contributed by atoms with E-state index in [2.05, 4.69) is 22.0 Å². The van der Waals surface area contributed by atoms with Crippen LogP contribution in [0.2, 0.25) is 0 Å². The van der Waals surface area contributed by atoms with Crippen molar-refractivity contribution in [2.45, 2.75) is 25.8 Å². The minimum Gasteiger partial charge on any atom is -0.339 e. The Kier molecular flexibility index (Phi) is 5.71. The molecule has 1 aromatic heterocycles. The van der Waals surface area contributed by atoms with E-state index in [0.717, 1.165) is 24.2 Å². The third kappa shape index (κ3) is 4.22. The lowest BCUT2D eigenvalue weighted by atomic mass is 9.90. The molecule has 0 N–H and O–H groups in total. The molecule has 1 fully saturated rings. The Labute approximate surface area is 171 Å². The van der Waals surface area contributed by atoms with Gasteiger partial charge in [-0.05, 0) is 25.0 Å². The van der Waals surface area contributed by atoms with Gasteiger partial charge in [-0.1, -0.05) is 65.8 Å². The molecular formula is C23H26N4O2. The first-order valence-corrected chi connectivity index (χ1v) is 10.1. The Hall–Kier alpha value is -2.99. The number of aryl methyl sites for hydroxylation is 1. The summed E-state index contributed by atoms with van der Waals surface area (Å²) in [7, 11) is 0. The SMILES string of the molecule is Cc1noc(C(C)N2CCN(C(=O)C(c3ccccc3)c3ccccc3)CC2)n1. The van der Waals surface area contributed by atoms with Crippen LogP contribution < -0.4 is 0 Å². The third-order valence-corrected chi connectivity index (χ3v) is 5.59. The number of amides is 1. The molecule has 0 bridgehead atoms. The standard InChI is InChI=1S/C23H26N4O2/c1-17(22-24-18(2)25-29-22)26-13-15-27(16-14-26)23(28)21(19-9-5-3-6-10-19)20-11-7-4-8-12-20/h3-12,17,21H,13-16H2,1-2H3. The van der Waals surface area contributed by atoms with Crippen LogP contribution in [0, 0.1) is 6.92 Å². The zero-order valence-corrected chi connectivity index (χ0v) is 16.9. The normalized spacial score (nSPS) is 16.2. The van der Waals surface area contributed by atoms with E-state index in [4.69, 9.17) is 4.52 Å². The van der Waals surface area contributed by atoms with E-state index in [9.17, 15) is 4.79 Å². The lowest BCUT2D eigenvalue weighted by Gasteiger charge is -2.38. The van der Waals surface area contributed by atoms with Crippen LogP contribution in [0.4, 0.5) is 0 Å². The Morgan fingerprint density at radius 2 is 1.48 bits per heavy atom. The highest BCUT2D eigenvalue weighted by atomic mass is 16.5. The molecule has 6 nitrogen and oxygen atoms in total. The summed E-state index contributed by atoms with van der Waals surface area (Å²) in [6.45, 7) is 6.83. The number of carbonyl (C=O) groups excluding carboxylic acids is 1. The smallest absolute Gasteiger partial charge is 0.243 e. The molecule has 4 rings (SSSR count). The number of carbonyl (C=O) groups is 1. The van der Waals surface area contributed by atoms with Gasteiger partial charge in [0.2, 0.25) is 11.8 Å². The minimum absolute atomic E-state index is 0.0486. The van der Waals surface area contributed by atoms with Crippen molar-refractivity contribution in [1.82, 2.24) is 19.9 Å². The van der Waals surface area contributed by atoms with Gasteiger partial charge in [-0.15, -0.1) is 0 Å². The van der Waals surface area contributed by atoms with Crippen molar-refractivity contribution < 1.29 is 9.32 Å². The van der Waals surface area contributed by atoms with E-state index in [-0.39, 0.29) is 17.9 Å². The number of rotatable bonds is 5. The molecule has 3 aromatic rings.